The average molecular weight is 270 g/mol. The van der Waals surface area contributed by atoms with Gasteiger partial charge in [-0.05, 0) is 43.3 Å². The third kappa shape index (κ3) is 4.94. The van der Waals surface area contributed by atoms with Gasteiger partial charge < -0.3 is 15.4 Å². The molecule has 0 fully saturated rings. The smallest absolute Gasteiger partial charge is 0.119 e. The second-order valence-electron chi connectivity index (χ2n) is 4.99. The number of nitrogen functional groups attached to an aromatic ring is 1. The number of anilines is 1. The second kappa shape index (κ2) is 7.56. The molecule has 0 aromatic heterocycles. The molecule has 0 unspecified atom stereocenters. The first kappa shape index (κ1) is 14.4. The van der Waals surface area contributed by atoms with Gasteiger partial charge in [-0.25, -0.2) is 0 Å². The molecule has 0 aliphatic carbocycles. The zero-order valence-electron chi connectivity index (χ0n) is 12.0. The van der Waals surface area contributed by atoms with Crippen LogP contribution in [0.3, 0.4) is 0 Å². The molecule has 106 valence electrons. The Morgan fingerprint density at radius 2 is 1.70 bits per heavy atom. The zero-order chi connectivity index (χ0) is 14.2. The minimum Gasteiger partial charge on any atom is -0.494 e. The first-order valence-corrected chi connectivity index (χ1v) is 6.95. The molecule has 3 heteroatoms. The van der Waals surface area contributed by atoms with Crippen LogP contribution >= 0.6 is 0 Å². The molecule has 0 atom stereocenters. The van der Waals surface area contributed by atoms with E-state index in [0.29, 0.717) is 0 Å². The highest BCUT2D eigenvalue weighted by molar-refractivity contribution is 5.39. The van der Waals surface area contributed by atoms with Crippen molar-refractivity contribution in [1.29, 1.82) is 0 Å². The van der Waals surface area contributed by atoms with Crippen LogP contribution in [-0.2, 0) is 6.54 Å². The van der Waals surface area contributed by atoms with Crippen molar-refractivity contribution in [2.45, 2.75) is 13.0 Å². The Labute approximate surface area is 121 Å². The molecule has 0 bridgehead atoms. The van der Waals surface area contributed by atoms with E-state index in [2.05, 4.69) is 24.1 Å². The number of benzene rings is 2. The van der Waals surface area contributed by atoms with E-state index in [1.165, 1.54) is 5.56 Å². The van der Waals surface area contributed by atoms with Crippen molar-refractivity contribution < 1.29 is 4.74 Å². The van der Waals surface area contributed by atoms with Gasteiger partial charge in [0.1, 0.15) is 5.75 Å². The summed E-state index contributed by atoms with van der Waals surface area (Å²) in [5.41, 5.74) is 7.78. The molecule has 2 rings (SSSR count). The lowest BCUT2D eigenvalue weighted by Gasteiger charge is -2.17. The summed E-state index contributed by atoms with van der Waals surface area (Å²) < 4.78 is 5.68. The molecule has 2 aromatic rings. The van der Waals surface area contributed by atoms with Gasteiger partial charge >= 0.3 is 0 Å². The molecule has 0 aliphatic heterocycles. The standard InChI is InChI=1S/C17H22N2O/c1-19(14-15-8-10-16(18)11-9-15)12-5-13-20-17-6-3-2-4-7-17/h2-4,6-11H,5,12-14,18H2,1H3. The van der Waals surface area contributed by atoms with Crippen LogP contribution in [0.15, 0.2) is 54.6 Å². The largest absolute Gasteiger partial charge is 0.494 e. The summed E-state index contributed by atoms with van der Waals surface area (Å²) >= 11 is 0. The van der Waals surface area contributed by atoms with Crippen LogP contribution in [0.1, 0.15) is 12.0 Å². The molecule has 3 nitrogen and oxygen atoms in total. The number of para-hydroxylation sites is 1. The highest BCUT2D eigenvalue weighted by Gasteiger charge is 2.00. The quantitative estimate of drug-likeness (QED) is 0.620. The number of nitrogens with zero attached hydrogens (tertiary/aromatic N) is 1. The van der Waals surface area contributed by atoms with Gasteiger partial charge in [0.25, 0.3) is 0 Å². The van der Waals surface area contributed by atoms with Crippen molar-refractivity contribution in [3.05, 3.63) is 60.2 Å². The van der Waals surface area contributed by atoms with E-state index < -0.39 is 0 Å². The van der Waals surface area contributed by atoms with Crippen molar-refractivity contribution in [3.63, 3.8) is 0 Å². The van der Waals surface area contributed by atoms with Crippen LogP contribution in [0.5, 0.6) is 5.75 Å². The molecule has 0 aliphatic rings. The first-order chi connectivity index (χ1) is 9.74. The Morgan fingerprint density at radius 3 is 2.40 bits per heavy atom. The van der Waals surface area contributed by atoms with Crippen LogP contribution in [-0.4, -0.2) is 25.1 Å². The van der Waals surface area contributed by atoms with E-state index in [0.717, 1.165) is 37.6 Å². The third-order valence-corrected chi connectivity index (χ3v) is 3.13. The fraction of sp³-hybridized carbons (Fsp3) is 0.294. The first-order valence-electron chi connectivity index (χ1n) is 6.95. The molecule has 0 spiro atoms. The second-order valence-corrected chi connectivity index (χ2v) is 4.99. The number of rotatable bonds is 7. The maximum absolute atomic E-state index is 5.68. The van der Waals surface area contributed by atoms with Gasteiger partial charge in [-0.2, -0.15) is 0 Å². The Bertz CT molecular complexity index is 496. The predicted molar refractivity (Wildman–Crippen MR) is 83.7 cm³/mol. The van der Waals surface area contributed by atoms with E-state index in [9.17, 15) is 0 Å². The van der Waals surface area contributed by atoms with Crippen molar-refractivity contribution in [2.24, 2.45) is 0 Å². The van der Waals surface area contributed by atoms with E-state index in [1.54, 1.807) is 0 Å². The van der Waals surface area contributed by atoms with E-state index in [1.807, 2.05) is 42.5 Å². The lowest BCUT2D eigenvalue weighted by atomic mass is 10.2. The molecular weight excluding hydrogens is 248 g/mol. The fourth-order valence-electron chi connectivity index (χ4n) is 2.05. The van der Waals surface area contributed by atoms with Gasteiger partial charge in [0, 0.05) is 18.8 Å². The molecule has 0 saturated heterocycles. The summed E-state index contributed by atoms with van der Waals surface area (Å²) in [5.74, 6) is 0.939. The highest BCUT2D eigenvalue weighted by Crippen LogP contribution is 2.10. The van der Waals surface area contributed by atoms with Crippen molar-refractivity contribution in [2.75, 3.05) is 25.9 Å². The summed E-state index contributed by atoms with van der Waals surface area (Å²) in [5, 5.41) is 0. The zero-order valence-corrected chi connectivity index (χ0v) is 12.0. The monoisotopic (exact) mass is 270 g/mol. The van der Waals surface area contributed by atoms with Crippen LogP contribution < -0.4 is 10.5 Å². The third-order valence-electron chi connectivity index (χ3n) is 3.13. The molecular formula is C17H22N2O. The molecule has 20 heavy (non-hydrogen) atoms. The lowest BCUT2D eigenvalue weighted by Crippen LogP contribution is -2.20. The van der Waals surface area contributed by atoms with E-state index >= 15 is 0 Å². The average Bonchev–Trinajstić information content (AvgIpc) is 2.47. The molecule has 0 amide bonds. The van der Waals surface area contributed by atoms with E-state index in [4.69, 9.17) is 10.5 Å². The Balaban J connectivity index is 1.65. The molecule has 0 saturated carbocycles. The minimum absolute atomic E-state index is 0.746. The van der Waals surface area contributed by atoms with Gasteiger partial charge in [0.15, 0.2) is 0 Å². The van der Waals surface area contributed by atoms with Gasteiger partial charge in [0.05, 0.1) is 6.61 Å². The maximum atomic E-state index is 5.68. The van der Waals surface area contributed by atoms with Gasteiger partial charge in [-0.3, -0.25) is 0 Å². The number of hydrogen-bond donors (Lipinski definition) is 1. The van der Waals surface area contributed by atoms with Crippen LogP contribution in [0.4, 0.5) is 5.69 Å². The van der Waals surface area contributed by atoms with Crippen LogP contribution in [0, 0.1) is 0 Å². The summed E-state index contributed by atoms with van der Waals surface area (Å²) in [4.78, 5) is 2.29. The van der Waals surface area contributed by atoms with E-state index in [-0.39, 0.29) is 0 Å². The molecule has 0 heterocycles. The Hall–Kier alpha value is -2.00. The number of hydrogen-bond acceptors (Lipinski definition) is 3. The van der Waals surface area contributed by atoms with Crippen molar-refractivity contribution >= 4 is 5.69 Å². The van der Waals surface area contributed by atoms with Crippen molar-refractivity contribution in [1.82, 2.24) is 4.90 Å². The normalized spacial score (nSPS) is 10.7. The number of ether oxygens (including phenoxy) is 1. The van der Waals surface area contributed by atoms with Crippen molar-refractivity contribution in [3.8, 4) is 5.75 Å². The summed E-state index contributed by atoms with van der Waals surface area (Å²) in [6.07, 6.45) is 1.01. The summed E-state index contributed by atoms with van der Waals surface area (Å²) in [6, 6.07) is 18.0. The maximum Gasteiger partial charge on any atom is 0.119 e. The highest BCUT2D eigenvalue weighted by atomic mass is 16.5. The topological polar surface area (TPSA) is 38.5 Å². The van der Waals surface area contributed by atoms with Gasteiger partial charge in [-0.15, -0.1) is 0 Å². The van der Waals surface area contributed by atoms with Crippen LogP contribution in [0.25, 0.3) is 0 Å². The van der Waals surface area contributed by atoms with Gasteiger partial charge in [-0.1, -0.05) is 30.3 Å². The molecule has 2 N–H and O–H groups in total. The Kier molecular flexibility index (Phi) is 5.44. The predicted octanol–water partition coefficient (Wildman–Crippen LogP) is 3.17. The van der Waals surface area contributed by atoms with Crippen LogP contribution in [0.2, 0.25) is 0 Å². The minimum atomic E-state index is 0.746. The van der Waals surface area contributed by atoms with Gasteiger partial charge in [0.2, 0.25) is 0 Å². The summed E-state index contributed by atoms with van der Waals surface area (Å²) in [7, 11) is 2.12. The Morgan fingerprint density at radius 1 is 1.00 bits per heavy atom. The summed E-state index contributed by atoms with van der Waals surface area (Å²) in [6.45, 7) is 2.69. The molecule has 2 aromatic carbocycles. The fourth-order valence-corrected chi connectivity index (χ4v) is 2.05. The lowest BCUT2D eigenvalue weighted by molar-refractivity contribution is 0.259. The number of nitrogens with two attached hydrogens (primary N) is 1. The molecule has 0 radical (unpaired) electrons. The SMILES string of the molecule is CN(CCCOc1ccccc1)Cc1ccc(N)cc1.